The van der Waals surface area contributed by atoms with E-state index in [1.807, 2.05) is 0 Å². The second-order valence-electron chi connectivity index (χ2n) is 5.45. The van der Waals surface area contributed by atoms with Gasteiger partial charge in [-0.1, -0.05) is 49.6 Å². The fraction of sp³-hybridized carbons (Fsp3) is 0.625. The highest BCUT2D eigenvalue weighted by atomic mass is 35.5. The van der Waals surface area contributed by atoms with Crippen molar-refractivity contribution in [2.75, 3.05) is 6.54 Å². The summed E-state index contributed by atoms with van der Waals surface area (Å²) < 4.78 is 0. The van der Waals surface area contributed by atoms with Crippen molar-refractivity contribution in [2.45, 2.75) is 52.0 Å². The molecule has 0 spiro atoms. The minimum Gasteiger partial charge on any atom is -0.310 e. The van der Waals surface area contributed by atoms with Crippen molar-refractivity contribution in [3.05, 3.63) is 34.3 Å². The molecule has 100 valence electrons. The molecule has 0 amide bonds. The molecule has 1 aromatic carbocycles. The molecule has 0 heterocycles. The molecule has 1 atom stereocenters. The van der Waals surface area contributed by atoms with Crippen molar-refractivity contribution in [3.63, 3.8) is 0 Å². The summed E-state index contributed by atoms with van der Waals surface area (Å²) in [6.45, 7) is 5.39. The average Bonchev–Trinajstić information content (AvgIpc) is 2.88. The lowest BCUT2D eigenvalue weighted by molar-refractivity contribution is 0.368. The molecule has 1 unspecified atom stereocenters. The van der Waals surface area contributed by atoms with Gasteiger partial charge in [0.1, 0.15) is 0 Å². The Bertz CT molecular complexity index is 383. The van der Waals surface area contributed by atoms with Crippen LogP contribution in [0, 0.1) is 12.8 Å². The first-order valence-corrected chi connectivity index (χ1v) is 7.60. The molecule has 2 rings (SSSR count). The summed E-state index contributed by atoms with van der Waals surface area (Å²) in [7, 11) is 0. The molecular weight excluding hydrogens is 242 g/mol. The van der Waals surface area contributed by atoms with Gasteiger partial charge in [-0.3, -0.25) is 0 Å². The third-order valence-electron chi connectivity index (χ3n) is 4.04. The smallest absolute Gasteiger partial charge is 0.0483 e. The van der Waals surface area contributed by atoms with Gasteiger partial charge in [0, 0.05) is 11.1 Å². The van der Waals surface area contributed by atoms with Crippen molar-refractivity contribution in [2.24, 2.45) is 5.92 Å². The van der Waals surface area contributed by atoms with Crippen molar-refractivity contribution < 1.29 is 0 Å². The van der Waals surface area contributed by atoms with Gasteiger partial charge in [0.05, 0.1) is 0 Å². The van der Waals surface area contributed by atoms with Gasteiger partial charge in [-0.25, -0.2) is 0 Å². The number of halogens is 1. The molecule has 0 bridgehead atoms. The summed E-state index contributed by atoms with van der Waals surface area (Å²) in [5.74, 6) is 0.760. The SMILES string of the molecule is CCCNC(c1cccc(C)c1Cl)C1CCCC1. The van der Waals surface area contributed by atoms with E-state index in [1.54, 1.807) is 0 Å². The van der Waals surface area contributed by atoms with Crippen LogP contribution in [0.5, 0.6) is 0 Å². The Morgan fingerprint density at radius 3 is 2.72 bits per heavy atom. The molecular formula is C16H24ClN. The van der Waals surface area contributed by atoms with Crippen LogP contribution in [0.2, 0.25) is 5.02 Å². The molecule has 1 aliphatic carbocycles. The molecule has 1 nitrogen and oxygen atoms in total. The first-order chi connectivity index (χ1) is 8.74. The van der Waals surface area contributed by atoms with Crippen LogP contribution in [-0.2, 0) is 0 Å². The zero-order chi connectivity index (χ0) is 13.0. The number of rotatable bonds is 5. The molecule has 1 saturated carbocycles. The fourth-order valence-electron chi connectivity index (χ4n) is 3.03. The van der Waals surface area contributed by atoms with Gasteiger partial charge < -0.3 is 5.32 Å². The van der Waals surface area contributed by atoms with E-state index in [9.17, 15) is 0 Å². The van der Waals surface area contributed by atoms with Crippen LogP contribution in [0.1, 0.15) is 56.2 Å². The van der Waals surface area contributed by atoms with E-state index in [2.05, 4.69) is 37.4 Å². The van der Waals surface area contributed by atoms with Gasteiger partial charge in [-0.15, -0.1) is 0 Å². The van der Waals surface area contributed by atoms with Crippen molar-refractivity contribution in [1.82, 2.24) is 5.32 Å². The Labute approximate surface area is 116 Å². The van der Waals surface area contributed by atoms with E-state index in [0.717, 1.165) is 17.5 Å². The maximum Gasteiger partial charge on any atom is 0.0483 e. The highest BCUT2D eigenvalue weighted by Gasteiger charge is 2.27. The third kappa shape index (κ3) is 3.07. The lowest BCUT2D eigenvalue weighted by atomic mass is 9.90. The second-order valence-corrected chi connectivity index (χ2v) is 5.83. The molecule has 0 radical (unpaired) electrons. The first kappa shape index (κ1) is 13.9. The highest BCUT2D eigenvalue weighted by Crippen LogP contribution is 2.38. The predicted molar refractivity (Wildman–Crippen MR) is 79.2 cm³/mol. The Morgan fingerprint density at radius 2 is 2.06 bits per heavy atom. The van der Waals surface area contributed by atoms with Gasteiger partial charge >= 0.3 is 0 Å². The van der Waals surface area contributed by atoms with Crippen molar-refractivity contribution in [1.29, 1.82) is 0 Å². The molecule has 0 aliphatic heterocycles. The lowest BCUT2D eigenvalue weighted by Crippen LogP contribution is -2.28. The largest absolute Gasteiger partial charge is 0.310 e. The van der Waals surface area contributed by atoms with E-state index in [-0.39, 0.29) is 0 Å². The number of nitrogens with one attached hydrogen (secondary N) is 1. The molecule has 1 aromatic rings. The van der Waals surface area contributed by atoms with Crippen LogP contribution < -0.4 is 5.32 Å². The third-order valence-corrected chi connectivity index (χ3v) is 4.56. The maximum absolute atomic E-state index is 6.51. The van der Waals surface area contributed by atoms with E-state index >= 15 is 0 Å². The summed E-state index contributed by atoms with van der Waals surface area (Å²) in [4.78, 5) is 0. The molecule has 2 heteroatoms. The van der Waals surface area contributed by atoms with E-state index in [0.29, 0.717) is 6.04 Å². The normalized spacial score (nSPS) is 18.2. The molecule has 1 N–H and O–H groups in total. The number of aryl methyl sites for hydroxylation is 1. The van der Waals surface area contributed by atoms with E-state index in [1.165, 1.54) is 43.2 Å². The number of hydrogen-bond donors (Lipinski definition) is 1. The summed E-state index contributed by atoms with van der Waals surface area (Å²) in [6.07, 6.45) is 6.60. The Kier molecular flexibility index (Phi) is 5.08. The van der Waals surface area contributed by atoms with Gasteiger partial charge in [-0.05, 0) is 49.8 Å². The van der Waals surface area contributed by atoms with Crippen LogP contribution in [0.25, 0.3) is 0 Å². The fourth-order valence-corrected chi connectivity index (χ4v) is 3.27. The zero-order valence-electron chi connectivity index (χ0n) is 11.5. The molecule has 1 aliphatic rings. The van der Waals surface area contributed by atoms with Crippen LogP contribution in [0.4, 0.5) is 0 Å². The minimum atomic E-state index is 0.444. The minimum absolute atomic E-state index is 0.444. The topological polar surface area (TPSA) is 12.0 Å². The van der Waals surface area contributed by atoms with Crippen molar-refractivity contribution >= 4 is 11.6 Å². The quantitative estimate of drug-likeness (QED) is 0.800. The summed E-state index contributed by atoms with van der Waals surface area (Å²) >= 11 is 6.51. The maximum atomic E-state index is 6.51. The monoisotopic (exact) mass is 265 g/mol. The van der Waals surface area contributed by atoms with Crippen LogP contribution >= 0.6 is 11.6 Å². The second kappa shape index (κ2) is 6.58. The Balaban J connectivity index is 2.23. The van der Waals surface area contributed by atoms with Gasteiger partial charge in [0.25, 0.3) is 0 Å². The van der Waals surface area contributed by atoms with Crippen LogP contribution in [0.3, 0.4) is 0 Å². The highest BCUT2D eigenvalue weighted by molar-refractivity contribution is 6.32. The Morgan fingerprint density at radius 1 is 1.33 bits per heavy atom. The molecule has 1 fully saturated rings. The van der Waals surface area contributed by atoms with Crippen LogP contribution in [-0.4, -0.2) is 6.54 Å². The van der Waals surface area contributed by atoms with Crippen molar-refractivity contribution in [3.8, 4) is 0 Å². The first-order valence-electron chi connectivity index (χ1n) is 7.22. The summed E-state index contributed by atoms with van der Waals surface area (Å²) in [6, 6.07) is 6.87. The summed E-state index contributed by atoms with van der Waals surface area (Å²) in [5.41, 5.74) is 2.49. The molecule has 0 saturated heterocycles. The zero-order valence-corrected chi connectivity index (χ0v) is 12.3. The van der Waals surface area contributed by atoms with Crippen LogP contribution in [0.15, 0.2) is 18.2 Å². The molecule has 0 aromatic heterocycles. The standard InChI is InChI=1S/C16H24ClN/c1-3-11-18-16(13-8-4-5-9-13)14-10-6-7-12(2)15(14)17/h6-7,10,13,16,18H,3-5,8-9,11H2,1-2H3. The lowest BCUT2D eigenvalue weighted by Gasteiger charge is -2.26. The van der Waals surface area contributed by atoms with Gasteiger partial charge in [-0.2, -0.15) is 0 Å². The van der Waals surface area contributed by atoms with E-state index < -0.39 is 0 Å². The Hall–Kier alpha value is -0.530. The summed E-state index contributed by atoms with van der Waals surface area (Å²) in [5, 5.41) is 4.67. The van der Waals surface area contributed by atoms with E-state index in [4.69, 9.17) is 11.6 Å². The molecule has 18 heavy (non-hydrogen) atoms. The number of hydrogen-bond acceptors (Lipinski definition) is 1. The predicted octanol–water partition coefficient (Wildman–Crippen LogP) is 4.88. The number of benzene rings is 1. The average molecular weight is 266 g/mol. The van der Waals surface area contributed by atoms with Gasteiger partial charge in [0.2, 0.25) is 0 Å². The van der Waals surface area contributed by atoms with Gasteiger partial charge in [0.15, 0.2) is 0 Å².